The predicted octanol–water partition coefficient (Wildman–Crippen LogP) is 3.57. The molecule has 2 N–H and O–H groups in total. The molecule has 0 heterocycles. The molecule has 2 aromatic carbocycles. The van der Waals surface area contributed by atoms with Crippen molar-refractivity contribution < 1.29 is 14.3 Å². The molecule has 26 heavy (non-hydrogen) atoms. The fourth-order valence-electron chi connectivity index (χ4n) is 2.30. The van der Waals surface area contributed by atoms with Crippen LogP contribution in [0.2, 0.25) is 0 Å². The first-order valence-electron chi connectivity index (χ1n) is 8.49. The van der Waals surface area contributed by atoms with Gasteiger partial charge in [-0.1, -0.05) is 12.1 Å². The van der Waals surface area contributed by atoms with E-state index >= 15 is 0 Å². The molecule has 6 heteroatoms. The lowest BCUT2D eigenvalue weighted by molar-refractivity contribution is -0.118. The van der Waals surface area contributed by atoms with Crippen LogP contribution < -0.4 is 20.3 Å². The van der Waals surface area contributed by atoms with Gasteiger partial charge in [0.1, 0.15) is 5.75 Å². The summed E-state index contributed by atoms with van der Waals surface area (Å²) in [5, 5.41) is 5.62. The molecule has 0 bridgehead atoms. The molecule has 0 atom stereocenters. The standard InChI is InChI=1S/C20H25N3O3/c1-14(2)21-20(25)23(4)17-8-10-18(11-9-17)26-13-19(24)22-16-7-5-6-15(3)12-16/h5-12,14H,13H2,1-4H3,(H,21,25)(H,22,24). The third kappa shape index (κ3) is 5.81. The summed E-state index contributed by atoms with van der Waals surface area (Å²) >= 11 is 0. The van der Waals surface area contributed by atoms with Crippen molar-refractivity contribution in [3.05, 3.63) is 54.1 Å². The van der Waals surface area contributed by atoms with Gasteiger partial charge in [-0.2, -0.15) is 0 Å². The number of aryl methyl sites for hydroxylation is 1. The minimum absolute atomic E-state index is 0.0690. The minimum atomic E-state index is -0.229. The summed E-state index contributed by atoms with van der Waals surface area (Å²) in [5.74, 6) is 0.332. The second-order valence-electron chi connectivity index (χ2n) is 6.36. The Morgan fingerprint density at radius 1 is 1.12 bits per heavy atom. The van der Waals surface area contributed by atoms with Crippen LogP contribution in [-0.4, -0.2) is 31.6 Å². The SMILES string of the molecule is Cc1cccc(NC(=O)COc2ccc(N(C)C(=O)NC(C)C)cc2)c1. The summed E-state index contributed by atoms with van der Waals surface area (Å²) in [7, 11) is 1.70. The van der Waals surface area contributed by atoms with Crippen LogP contribution in [0.4, 0.5) is 16.2 Å². The summed E-state index contributed by atoms with van der Waals surface area (Å²) < 4.78 is 5.50. The van der Waals surface area contributed by atoms with Crippen molar-refractivity contribution in [1.29, 1.82) is 0 Å². The number of carbonyl (C=O) groups excluding carboxylic acids is 2. The van der Waals surface area contributed by atoms with E-state index in [1.165, 1.54) is 4.90 Å². The van der Waals surface area contributed by atoms with Crippen molar-refractivity contribution in [2.24, 2.45) is 0 Å². The van der Waals surface area contributed by atoms with Gasteiger partial charge < -0.3 is 15.4 Å². The number of benzene rings is 2. The van der Waals surface area contributed by atoms with Crippen LogP contribution >= 0.6 is 0 Å². The molecular formula is C20H25N3O3. The Balaban J connectivity index is 1.87. The zero-order valence-electron chi connectivity index (χ0n) is 15.6. The molecule has 0 aromatic heterocycles. The maximum Gasteiger partial charge on any atom is 0.321 e. The summed E-state index contributed by atoms with van der Waals surface area (Å²) in [6.45, 7) is 5.69. The zero-order valence-corrected chi connectivity index (χ0v) is 15.6. The highest BCUT2D eigenvalue weighted by Gasteiger charge is 2.11. The van der Waals surface area contributed by atoms with Gasteiger partial charge >= 0.3 is 6.03 Å². The Morgan fingerprint density at radius 3 is 2.42 bits per heavy atom. The fraction of sp³-hybridized carbons (Fsp3) is 0.300. The van der Waals surface area contributed by atoms with Crippen LogP contribution in [-0.2, 0) is 4.79 Å². The Labute approximate surface area is 154 Å². The van der Waals surface area contributed by atoms with Gasteiger partial charge in [0.2, 0.25) is 0 Å². The number of carbonyl (C=O) groups is 2. The molecule has 3 amide bonds. The Hall–Kier alpha value is -3.02. The maximum absolute atomic E-state index is 12.0. The third-order valence-electron chi connectivity index (χ3n) is 3.61. The number of anilines is 2. The van der Waals surface area contributed by atoms with Crippen LogP contribution in [0, 0.1) is 6.92 Å². The predicted molar refractivity (Wildman–Crippen MR) is 104 cm³/mol. The molecule has 138 valence electrons. The van der Waals surface area contributed by atoms with Gasteiger partial charge in [0.05, 0.1) is 0 Å². The Kier molecular flexibility index (Phi) is 6.60. The molecule has 0 fully saturated rings. The highest BCUT2D eigenvalue weighted by Crippen LogP contribution is 2.19. The molecule has 6 nitrogen and oxygen atoms in total. The number of urea groups is 1. The molecule has 0 unspecified atom stereocenters. The largest absolute Gasteiger partial charge is 0.484 e. The van der Waals surface area contributed by atoms with E-state index in [0.29, 0.717) is 5.75 Å². The lowest BCUT2D eigenvalue weighted by Gasteiger charge is -2.20. The highest BCUT2D eigenvalue weighted by molar-refractivity contribution is 5.92. The molecule has 0 aliphatic heterocycles. The molecule has 2 rings (SSSR count). The van der Waals surface area contributed by atoms with Crippen LogP contribution in [0.15, 0.2) is 48.5 Å². The number of hydrogen-bond acceptors (Lipinski definition) is 3. The molecule has 0 saturated heterocycles. The number of ether oxygens (including phenoxy) is 1. The maximum atomic E-state index is 12.0. The monoisotopic (exact) mass is 355 g/mol. The fourth-order valence-corrected chi connectivity index (χ4v) is 2.30. The quantitative estimate of drug-likeness (QED) is 0.832. The molecule has 0 radical (unpaired) electrons. The van der Waals surface area contributed by atoms with Gasteiger partial charge in [-0.25, -0.2) is 4.79 Å². The van der Waals surface area contributed by atoms with Gasteiger partial charge in [-0.3, -0.25) is 9.69 Å². The zero-order chi connectivity index (χ0) is 19.1. The molecule has 0 aliphatic rings. The van der Waals surface area contributed by atoms with Crippen LogP contribution in [0.25, 0.3) is 0 Å². The smallest absolute Gasteiger partial charge is 0.321 e. The van der Waals surface area contributed by atoms with E-state index in [2.05, 4.69) is 10.6 Å². The van der Waals surface area contributed by atoms with Crippen molar-refractivity contribution in [3.8, 4) is 5.75 Å². The Bertz CT molecular complexity index is 757. The molecule has 0 saturated carbocycles. The summed E-state index contributed by atoms with van der Waals surface area (Å²) in [5.41, 5.74) is 2.55. The van der Waals surface area contributed by atoms with E-state index in [9.17, 15) is 9.59 Å². The topological polar surface area (TPSA) is 70.7 Å². The summed E-state index contributed by atoms with van der Waals surface area (Å²) in [6.07, 6.45) is 0. The van der Waals surface area contributed by atoms with Crippen molar-refractivity contribution in [2.45, 2.75) is 26.8 Å². The van der Waals surface area contributed by atoms with Crippen molar-refractivity contribution in [2.75, 3.05) is 23.9 Å². The molecule has 0 spiro atoms. The van der Waals surface area contributed by atoms with Crippen molar-refractivity contribution in [1.82, 2.24) is 5.32 Å². The molecular weight excluding hydrogens is 330 g/mol. The number of rotatable bonds is 6. The van der Waals surface area contributed by atoms with E-state index in [4.69, 9.17) is 4.74 Å². The summed E-state index contributed by atoms with van der Waals surface area (Å²) in [6, 6.07) is 14.5. The Morgan fingerprint density at radius 2 is 1.81 bits per heavy atom. The lowest BCUT2D eigenvalue weighted by Crippen LogP contribution is -2.40. The van der Waals surface area contributed by atoms with Gasteiger partial charge in [0, 0.05) is 24.5 Å². The van der Waals surface area contributed by atoms with E-state index in [-0.39, 0.29) is 24.6 Å². The first-order valence-corrected chi connectivity index (χ1v) is 8.49. The second kappa shape index (κ2) is 8.89. The number of nitrogens with one attached hydrogen (secondary N) is 2. The first kappa shape index (κ1) is 19.3. The number of amides is 3. The normalized spacial score (nSPS) is 10.3. The average Bonchev–Trinajstić information content (AvgIpc) is 2.59. The second-order valence-corrected chi connectivity index (χ2v) is 6.36. The highest BCUT2D eigenvalue weighted by atomic mass is 16.5. The lowest BCUT2D eigenvalue weighted by atomic mass is 10.2. The van der Waals surface area contributed by atoms with Gasteiger partial charge in [-0.15, -0.1) is 0 Å². The first-order chi connectivity index (χ1) is 12.3. The van der Waals surface area contributed by atoms with Crippen molar-refractivity contribution in [3.63, 3.8) is 0 Å². The van der Waals surface area contributed by atoms with E-state index in [0.717, 1.165) is 16.9 Å². The number of nitrogens with zero attached hydrogens (tertiary/aromatic N) is 1. The van der Waals surface area contributed by atoms with Gasteiger partial charge in [0.25, 0.3) is 5.91 Å². The van der Waals surface area contributed by atoms with Gasteiger partial charge in [-0.05, 0) is 62.7 Å². The molecule has 0 aliphatic carbocycles. The summed E-state index contributed by atoms with van der Waals surface area (Å²) in [4.78, 5) is 25.5. The van der Waals surface area contributed by atoms with Crippen LogP contribution in [0.3, 0.4) is 0 Å². The molecule has 2 aromatic rings. The number of hydrogen-bond donors (Lipinski definition) is 2. The van der Waals surface area contributed by atoms with E-state index in [1.54, 1.807) is 31.3 Å². The average molecular weight is 355 g/mol. The van der Waals surface area contributed by atoms with E-state index in [1.807, 2.05) is 45.0 Å². The minimum Gasteiger partial charge on any atom is -0.484 e. The van der Waals surface area contributed by atoms with Gasteiger partial charge in [0.15, 0.2) is 6.61 Å². The van der Waals surface area contributed by atoms with Crippen LogP contribution in [0.5, 0.6) is 5.75 Å². The third-order valence-corrected chi connectivity index (χ3v) is 3.61. The van der Waals surface area contributed by atoms with Crippen molar-refractivity contribution >= 4 is 23.3 Å². The van der Waals surface area contributed by atoms with E-state index < -0.39 is 0 Å². The van der Waals surface area contributed by atoms with Crippen LogP contribution in [0.1, 0.15) is 19.4 Å².